The molecule has 0 spiro atoms. The Balaban J connectivity index is 2.26. The Kier molecular flexibility index (Phi) is 3.64. The van der Waals surface area contributed by atoms with Gasteiger partial charge >= 0.3 is 0 Å². The predicted molar refractivity (Wildman–Crippen MR) is 70.6 cm³/mol. The first kappa shape index (κ1) is 13.4. The van der Waals surface area contributed by atoms with Crippen LogP contribution in [-0.2, 0) is 13.7 Å². The van der Waals surface area contributed by atoms with Crippen LogP contribution in [-0.4, -0.2) is 38.7 Å². The Morgan fingerprint density at radius 1 is 1.33 bits per heavy atom. The van der Waals surface area contributed by atoms with Gasteiger partial charge in [-0.2, -0.15) is 5.10 Å². The molecule has 102 valence electrons. The predicted octanol–water partition coefficient (Wildman–Crippen LogP) is 0.962. The van der Waals surface area contributed by atoms with Gasteiger partial charge in [0.25, 0.3) is 0 Å². The zero-order chi connectivity index (χ0) is 13.3. The molecule has 2 N–H and O–H groups in total. The van der Waals surface area contributed by atoms with Crippen molar-refractivity contribution in [1.82, 2.24) is 9.78 Å². The van der Waals surface area contributed by atoms with Crippen molar-refractivity contribution in [2.24, 2.45) is 7.05 Å². The molecule has 1 aliphatic rings. The number of aromatic nitrogens is 2. The third kappa shape index (κ3) is 2.52. The molecule has 5 heteroatoms. The summed E-state index contributed by atoms with van der Waals surface area (Å²) in [7, 11) is 1.91. The Morgan fingerprint density at radius 3 is 2.72 bits per heavy atom. The molecule has 18 heavy (non-hydrogen) atoms. The largest absolute Gasteiger partial charge is 0.391 e. The van der Waals surface area contributed by atoms with E-state index in [0.717, 1.165) is 49.4 Å². The lowest BCUT2D eigenvalue weighted by molar-refractivity contribution is 0.0481. The molecule has 1 atom stereocenters. The van der Waals surface area contributed by atoms with E-state index in [1.165, 1.54) is 0 Å². The van der Waals surface area contributed by atoms with Crippen LogP contribution in [0.2, 0.25) is 0 Å². The van der Waals surface area contributed by atoms with E-state index in [9.17, 15) is 10.2 Å². The van der Waals surface area contributed by atoms with Gasteiger partial charge in [-0.3, -0.25) is 4.68 Å². The van der Waals surface area contributed by atoms with Crippen LogP contribution in [0.25, 0.3) is 0 Å². The molecule has 0 bridgehead atoms. The first-order valence-corrected chi connectivity index (χ1v) is 6.55. The summed E-state index contributed by atoms with van der Waals surface area (Å²) in [5, 5.41) is 24.0. The second-order valence-electron chi connectivity index (χ2n) is 5.51. The number of aliphatic hydroxyl groups excluding tert-OH is 1. The van der Waals surface area contributed by atoms with Crippen molar-refractivity contribution in [3.05, 3.63) is 11.3 Å². The summed E-state index contributed by atoms with van der Waals surface area (Å²) in [6.45, 7) is 5.55. The molecule has 1 aromatic heterocycles. The van der Waals surface area contributed by atoms with E-state index < -0.39 is 5.60 Å². The number of nitrogens with zero attached hydrogens (tertiary/aromatic N) is 3. The van der Waals surface area contributed by atoms with Gasteiger partial charge in [0.1, 0.15) is 5.82 Å². The van der Waals surface area contributed by atoms with Crippen molar-refractivity contribution in [3.8, 4) is 0 Å². The number of aliphatic hydroxyl groups is 2. The summed E-state index contributed by atoms with van der Waals surface area (Å²) in [5.74, 6) is 0.993. The van der Waals surface area contributed by atoms with Crippen LogP contribution in [0.4, 0.5) is 5.82 Å². The van der Waals surface area contributed by atoms with E-state index in [4.69, 9.17) is 0 Å². The molecule has 2 rings (SSSR count). The maximum atomic E-state index is 10.1. The fraction of sp³-hybridized carbons (Fsp3) is 0.769. The van der Waals surface area contributed by atoms with Crippen molar-refractivity contribution in [3.63, 3.8) is 0 Å². The van der Waals surface area contributed by atoms with Crippen LogP contribution >= 0.6 is 0 Å². The highest BCUT2D eigenvalue weighted by Crippen LogP contribution is 2.28. The van der Waals surface area contributed by atoms with Crippen molar-refractivity contribution in [2.75, 3.05) is 18.0 Å². The summed E-state index contributed by atoms with van der Waals surface area (Å²) >= 11 is 0. The van der Waals surface area contributed by atoms with Gasteiger partial charge in [-0.1, -0.05) is 0 Å². The van der Waals surface area contributed by atoms with Gasteiger partial charge in [0, 0.05) is 25.7 Å². The van der Waals surface area contributed by atoms with E-state index in [0.29, 0.717) is 0 Å². The van der Waals surface area contributed by atoms with Crippen molar-refractivity contribution < 1.29 is 10.2 Å². The number of hydrogen-bond acceptors (Lipinski definition) is 4. The van der Waals surface area contributed by atoms with E-state index in [1.54, 1.807) is 0 Å². The maximum absolute atomic E-state index is 10.1. The molecule has 0 amide bonds. The van der Waals surface area contributed by atoms with Gasteiger partial charge in [-0.25, -0.2) is 0 Å². The zero-order valence-corrected chi connectivity index (χ0v) is 11.5. The first-order valence-electron chi connectivity index (χ1n) is 6.55. The van der Waals surface area contributed by atoms with Crippen molar-refractivity contribution >= 4 is 5.82 Å². The summed E-state index contributed by atoms with van der Waals surface area (Å²) < 4.78 is 1.83. The number of hydrogen-bond donors (Lipinski definition) is 2. The average molecular weight is 253 g/mol. The van der Waals surface area contributed by atoms with E-state index in [1.807, 2.05) is 25.6 Å². The normalized spacial score (nSPS) is 25.3. The van der Waals surface area contributed by atoms with Crippen LogP contribution in [0, 0.1) is 6.92 Å². The van der Waals surface area contributed by atoms with Crippen molar-refractivity contribution in [1.29, 1.82) is 0 Å². The van der Waals surface area contributed by atoms with Gasteiger partial charge in [0.15, 0.2) is 0 Å². The molecule has 1 aliphatic heterocycles. The topological polar surface area (TPSA) is 61.5 Å². The fourth-order valence-electron chi connectivity index (χ4n) is 2.75. The second-order valence-corrected chi connectivity index (χ2v) is 5.51. The summed E-state index contributed by atoms with van der Waals surface area (Å²) in [6.07, 6.45) is 2.54. The number of aryl methyl sites for hydroxylation is 2. The van der Waals surface area contributed by atoms with Gasteiger partial charge < -0.3 is 15.1 Å². The standard InChI is InChI=1S/C13H23N3O2/c1-10-11(9-17)12(15(3)14-10)16-7-4-5-13(2,18)6-8-16/h17-18H,4-9H2,1-3H3. The highest BCUT2D eigenvalue weighted by Gasteiger charge is 2.27. The first-order chi connectivity index (χ1) is 8.44. The lowest BCUT2D eigenvalue weighted by atomic mass is 9.98. The monoisotopic (exact) mass is 253 g/mol. The van der Waals surface area contributed by atoms with Gasteiger partial charge in [-0.05, 0) is 33.1 Å². The number of rotatable bonds is 2. The molecule has 1 aromatic rings. The molecule has 0 saturated carbocycles. The molecule has 0 radical (unpaired) electrons. The fourth-order valence-corrected chi connectivity index (χ4v) is 2.75. The minimum Gasteiger partial charge on any atom is -0.391 e. The molecule has 1 saturated heterocycles. The smallest absolute Gasteiger partial charge is 0.132 e. The molecule has 1 unspecified atom stereocenters. The Hall–Kier alpha value is -1.07. The minimum atomic E-state index is -0.568. The Labute approximate surface area is 108 Å². The van der Waals surface area contributed by atoms with Crippen LogP contribution in [0.3, 0.4) is 0 Å². The van der Waals surface area contributed by atoms with Crippen molar-refractivity contribution in [2.45, 2.75) is 45.3 Å². The number of anilines is 1. The summed E-state index contributed by atoms with van der Waals surface area (Å²) in [5.41, 5.74) is 1.21. The lowest BCUT2D eigenvalue weighted by Gasteiger charge is -2.25. The average Bonchev–Trinajstić information content (AvgIpc) is 2.45. The van der Waals surface area contributed by atoms with E-state index >= 15 is 0 Å². The molecule has 0 aromatic carbocycles. The second kappa shape index (κ2) is 4.90. The van der Waals surface area contributed by atoms with Gasteiger partial charge in [0.05, 0.1) is 17.9 Å². The Morgan fingerprint density at radius 2 is 2.06 bits per heavy atom. The molecule has 5 nitrogen and oxygen atoms in total. The summed E-state index contributed by atoms with van der Waals surface area (Å²) in [4.78, 5) is 2.23. The van der Waals surface area contributed by atoms with E-state index in [2.05, 4.69) is 10.00 Å². The highest BCUT2D eigenvalue weighted by molar-refractivity contribution is 5.50. The SMILES string of the molecule is Cc1nn(C)c(N2CCCC(C)(O)CC2)c1CO. The third-order valence-electron chi connectivity index (χ3n) is 3.83. The van der Waals surface area contributed by atoms with Crippen LogP contribution in [0.15, 0.2) is 0 Å². The highest BCUT2D eigenvalue weighted by atomic mass is 16.3. The molecule has 1 fully saturated rings. The van der Waals surface area contributed by atoms with Gasteiger partial charge in [-0.15, -0.1) is 0 Å². The van der Waals surface area contributed by atoms with Gasteiger partial charge in [0.2, 0.25) is 0 Å². The zero-order valence-electron chi connectivity index (χ0n) is 11.5. The van der Waals surface area contributed by atoms with Crippen LogP contribution in [0.5, 0.6) is 0 Å². The lowest BCUT2D eigenvalue weighted by Crippen LogP contribution is -2.30. The molecular formula is C13H23N3O2. The third-order valence-corrected chi connectivity index (χ3v) is 3.83. The van der Waals surface area contributed by atoms with E-state index in [-0.39, 0.29) is 6.61 Å². The van der Waals surface area contributed by atoms with Crippen LogP contribution < -0.4 is 4.90 Å². The quantitative estimate of drug-likeness (QED) is 0.824. The molecular weight excluding hydrogens is 230 g/mol. The Bertz CT molecular complexity index is 426. The maximum Gasteiger partial charge on any atom is 0.132 e. The summed E-state index contributed by atoms with van der Waals surface area (Å²) in [6, 6.07) is 0. The van der Waals surface area contributed by atoms with Crippen LogP contribution in [0.1, 0.15) is 37.4 Å². The minimum absolute atomic E-state index is 0.0158. The molecule has 0 aliphatic carbocycles. The molecule has 2 heterocycles.